The van der Waals surface area contributed by atoms with Gasteiger partial charge in [0.05, 0.1) is 4.34 Å². The van der Waals surface area contributed by atoms with Crippen LogP contribution in [0.4, 0.5) is 13.2 Å². The van der Waals surface area contributed by atoms with Gasteiger partial charge in [0, 0.05) is 19.2 Å². The number of halogens is 4. The van der Waals surface area contributed by atoms with E-state index in [-0.39, 0.29) is 23.0 Å². The Morgan fingerprint density at radius 2 is 1.78 bits per heavy atom. The molecule has 13 heteroatoms. The van der Waals surface area contributed by atoms with E-state index in [0.29, 0.717) is 28.5 Å². The van der Waals surface area contributed by atoms with Crippen LogP contribution in [-0.2, 0) is 21.4 Å². The standard InChI is InChI=1S/C23H20ClF3N2O5S2/c24-20-9-10-21(35-20)36(31,32)29-11-3-8-19(29)22(30)28-14-15-4-1-5-16(12-15)33-17-6-2-7-18(13-17)34-23(25,26)27/h1-2,4-7,9-10,12-13,19H,3,8,11,14H2,(H,28,30)/t19-/m0/s1. The summed E-state index contributed by atoms with van der Waals surface area (Å²) in [6.07, 6.45) is -3.87. The molecule has 1 fully saturated rings. The molecule has 1 N–H and O–H groups in total. The number of thiophene rings is 1. The Balaban J connectivity index is 1.39. The van der Waals surface area contributed by atoms with E-state index in [1.165, 1.54) is 28.6 Å². The SMILES string of the molecule is O=C(NCc1cccc(Oc2cccc(OC(F)(F)F)c2)c1)[C@@H]1CCCN1S(=O)(=O)c1ccc(Cl)s1. The number of ether oxygens (including phenoxy) is 2. The summed E-state index contributed by atoms with van der Waals surface area (Å²) in [5.74, 6) is -0.365. The molecule has 0 saturated carbocycles. The second kappa shape index (κ2) is 10.7. The van der Waals surface area contributed by atoms with Crippen molar-refractivity contribution < 1.29 is 35.9 Å². The van der Waals surface area contributed by atoms with Crippen molar-refractivity contribution in [3.05, 3.63) is 70.6 Å². The van der Waals surface area contributed by atoms with Gasteiger partial charge in [-0.3, -0.25) is 4.79 Å². The molecule has 36 heavy (non-hydrogen) atoms. The molecule has 1 saturated heterocycles. The summed E-state index contributed by atoms with van der Waals surface area (Å²) in [7, 11) is -3.85. The van der Waals surface area contributed by atoms with Gasteiger partial charge in [-0.2, -0.15) is 4.31 Å². The number of nitrogens with zero attached hydrogens (tertiary/aromatic N) is 1. The van der Waals surface area contributed by atoms with Crippen LogP contribution in [0.25, 0.3) is 0 Å². The minimum Gasteiger partial charge on any atom is -0.457 e. The quantitative estimate of drug-likeness (QED) is 0.390. The van der Waals surface area contributed by atoms with Gasteiger partial charge in [-0.1, -0.05) is 29.8 Å². The summed E-state index contributed by atoms with van der Waals surface area (Å²) in [5, 5.41) is 2.76. The Kier molecular flexibility index (Phi) is 7.79. The minimum atomic E-state index is -4.82. The molecule has 1 aliphatic rings. The van der Waals surface area contributed by atoms with E-state index < -0.39 is 34.1 Å². The van der Waals surface area contributed by atoms with Crippen LogP contribution >= 0.6 is 22.9 Å². The first kappa shape index (κ1) is 26.3. The van der Waals surface area contributed by atoms with Crippen molar-refractivity contribution in [1.29, 1.82) is 0 Å². The van der Waals surface area contributed by atoms with Crippen LogP contribution in [-0.4, -0.2) is 37.6 Å². The van der Waals surface area contributed by atoms with Crippen molar-refractivity contribution in [3.8, 4) is 17.2 Å². The number of amides is 1. The molecule has 1 aliphatic heterocycles. The summed E-state index contributed by atoms with van der Waals surface area (Å²) >= 11 is 6.82. The average Bonchev–Trinajstić information content (AvgIpc) is 3.47. The van der Waals surface area contributed by atoms with Gasteiger partial charge in [-0.25, -0.2) is 8.42 Å². The predicted octanol–water partition coefficient (Wildman–Crippen LogP) is 5.56. The van der Waals surface area contributed by atoms with Crippen LogP contribution < -0.4 is 14.8 Å². The number of carbonyl (C=O) groups excluding carboxylic acids is 1. The molecule has 3 aromatic rings. The maximum absolute atomic E-state index is 13.0. The van der Waals surface area contributed by atoms with E-state index in [0.717, 1.165) is 23.5 Å². The lowest BCUT2D eigenvalue weighted by atomic mass is 10.2. The Morgan fingerprint density at radius 3 is 2.47 bits per heavy atom. The number of benzene rings is 2. The summed E-state index contributed by atoms with van der Waals surface area (Å²) in [4.78, 5) is 12.9. The summed E-state index contributed by atoms with van der Waals surface area (Å²) in [5.41, 5.74) is 0.654. The minimum absolute atomic E-state index is 0.0850. The van der Waals surface area contributed by atoms with Crippen LogP contribution in [0.2, 0.25) is 4.34 Å². The number of nitrogens with one attached hydrogen (secondary N) is 1. The van der Waals surface area contributed by atoms with Gasteiger partial charge in [0.2, 0.25) is 5.91 Å². The molecule has 192 valence electrons. The predicted molar refractivity (Wildman–Crippen MR) is 128 cm³/mol. The third-order valence-corrected chi connectivity index (χ3v) is 8.86. The monoisotopic (exact) mass is 560 g/mol. The van der Waals surface area contributed by atoms with Crippen molar-refractivity contribution in [2.45, 2.75) is 36.0 Å². The molecular weight excluding hydrogens is 541 g/mol. The Morgan fingerprint density at radius 1 is 1.08 bits per heavy atom. The number of sulfonamides is 1. The molecule has 2 aromatic carbocycles. The fourth-order valence-electron chi connectivity index (χ4n) is 3.74. The largest absolute Gasteiger partial charge is 0.573 e. The Labute approximate surface area is 214 Å². The zero-order chi connectivity index (χ0) is 25.9. The van der Waals surface area contributed by atoms with E-state index in [1.807, 2.05) is 0 Å². The van der Waals surface area contributed by atoms with E-state index in [1.54, 1.807) is 24.3 Å². The molecule has 7 nitrogen and oxygen atoms in total. The third kappa shape index (κ3) is 6.49. The molecule has 1 atom stereocenters. The Hall–Kier alpha value is -2.80. The van der Waals surface area contributed by atoms with E-state index in [4.69, 9.17) is 16.3 Å². The highest BCUT2D eigenvalue weighted by atomic mass is 35.5. The first-order valence-corrected chi connectivity index (χ1v) is 13.3. The number of carbonyl (C=O) groups is 1. The van der Waals surface area contributed by atoms with Crippen LogP contribution in [0.15, 0.2) is 64.9 Å². The van der Waals surface area contributed by atoms with Gasteiger partial charge in [0.1, 0.15) is 27.5 Å². The average molecular weight is 561 g/mol. The van der Waals surface area contributed by atoms with Crippen molar-refractivity contribution in [2.24, 2.45) is 0 Å². The summed E-state index contributed by atoms with van der Waals surface area (Å²) in [6, 6.07) is 13.8. The number of rotatable bonds is 8. The van der Waals surface area contributed by atoms with Crippen molar-refractivity contribution >= 4 is 38.9 Å². The van der Waals surface area contributed by atoms with Gasteiger partial charge < -0.3 is 14.8 Å². The van der Waals surface area contributed by atoms with Gasteiger partial charge in [-0.05, 0) is 54.8 Å². The van der Waals surface area contributed by atoms with Gasteiger partial charge in [0.25, 0.3) is 10.0 Å². The zero-order valence-electron chi connectivity index (χ0n) is 18.5. The molecule has 0 spiro atoms. The smallest absolute Gasteiger partial charge is 0.457 e. The molecule has 0 unspecified atom stereocenters. The highest BCUT2D eigenvalue weighted by molar-refractivity contribution is 7.91. The van der Waals surface area contributed by atoms with Crippen molar-refractivity contribution in [3.63, 3.8) is 0 Å². The highest BCUT2D eigenvalue weighted by Gasteiger charge is 2.40. The molecule has 2 heterocycles. The summed E-state index contributed by atoms with van der Waals surface area (Å²) in [6.45, 7) is 0.332. The van der Waals surface area contributed by atoms with Crippen molar-refractivity contribution in [1.82, 2.24) is 9.62 Å². The zero-order valence-corrected chi connectivity index (χ0v) is 20.9. The number of hydrogen-bond donors (Lipinski definition) is 1. The molecule has 0 aliphatic carbocycles. The topological polar surface area (TPSA) is 84.9 Å². The maximum atomic E-state index is 13.0. The second-order valence-electron chi connectivity index (χ2n) is 7.82. The second-order valence-corrected chi connectivity index (χ2v) is 11.7. The maximum Gasteiger partial charge on any atom is 0.573 e. The van der Waals surface area contributed by atoms with E-state index >= 15 is 0 Å². The van der Waals surface area contributed by atoms with Gasteiger partial charge in [0.15, 0.2) is 0 Å². The molecule has 4 rings (SSSR count). The van der Waals surface area contributed by atoms with Gasteiger partial charge >= 0.3 is 6.36 Å². The summed E-state index contributed by atoms with van der Waals surface area (Å²) < 4.78 is 74.4. The molecule has 1 aromatic heterocycles. The van der Waals surface area contributed by atoms with Crippen LogP contribution in [0.1, 0.15) is 18.4 Å². The molecule has 0 bridgehead atoms. The van der Waals surface area contributed by atoms with E-state index in [9.17, 15) is 26.4 Å². The molecular formula is C23H20ClF3N2O5S2. The Bertz CT molecular complexity index is 1350. The lowest BCUT2D eigenvalue weighted by molar-refractivity contribution is -0.274. The first-order valence-electron chi connectivity index (χ1n) is 10.7. The molecule has 0 radical (unpaired) electrons. The van der Waals surface area contributed by atoms with Gasteiger partial charge in [-0.15, -0.1) is 24.5 Å². The fourth-order valence-corrected chi connectivity index (χ4v) is 7.01. The number of alkyl halides is 3. The lowest BCUT2D eigenvalue weighted by Crippen LogP contribution is -2.45. The van der Waals surface area contributed by atoms with Crippen LogP contribution in [0.3, 0.4) is 0 Å². The fraction of sp³-hybridized carbons (Fsp3) is 0.261. The van der Waals surface area contributed by atoms with Crippen LogP contribution in [0.5, 0.6) is 17.2 Å². The lowest BCUT2D eigenvalue weighted by Gasteiger charge is -2.22. The van der Waals surface area contributed by atoms with Crippen molar-refractivity contribution in [2.75, 3.05) is 6.54 Å². The third-order valence-electron chi connectivity index (χ3n) is 5.26. The number of hydrogen-bond acceptors (Lipinski definition) is 6. The normalized spacial score (nSPS) is 16.6. The first-order chi connectivity index (χ1) is 17.0. The molecule has 1 amide bonds. The van der Waals surface area contributed by atoms with E-state index in [2.05, 4.69) is 10.1 Å². The highest BCUT2D eigenvalue weighted by Crippen LogP contribution is 2.32. The van der Waals surface area contributed by atoms with Crippen LogP contribution in [0, 0.1) is 0 Å².